The summed E-state index contributed by atoms with van der Waals surface area (Å²) in [6, 6.07) is 9.31. The number of nitrogens with zero attached hydrogens (tertiary/aromatic N) is 3. The molecule has 7 heteroatoms. The van der Waals surface area contributed by atoms with Crippen molar-refractivity contribution in [3.63, 3.8) is 0 Å². The Morgan fingerprint density at radius 3 is 2.86 bits per heavy atom. The molecule has 0 atom stereocenters. The van der Waals surface area contributed by atoms with Crippen LogP contribution in [0.1, 0.15) is 20.9 Å². The molecule has 0 spiro atoms. The number of nitrogens with one attached hydrogen (secondary N) is 2. The molecule has 0 bridgehead atoms. The Morgan fingerprint density at radius 2 is 2.14 bits per heavy atom. The molecular formula is C15H13N5OS. The van der Waals surface area contributed by atoms with E-state index in [4.69, 9.17) is 0 Å². The van der Waals surface area contributed by atoms with Gasteiger partial charge in [0.15, 0.2) is 0 Å². The number of thiophene rings is 1. The Morgan fingerprint density at radius 1 is 1.32 bits per heavy atom. The molecule has 3 heterocycles. The number of aromatic nitrogens is 3. The van der Waals surface area contributed by atoms with Crippen LogP contribution < -0.4 is 5.43 Å². The minimum absolute atomic E-state index is 0.336. The summed E-state index contributed by atoms with van der Waals surface area (Å²) in [6.07, 6.45) is 4.88. The molecule has 0 aliphatic rings. The first kappa shape index (κ1) is 14.2. The topological polar surface area (TPSA) is 83.0 Å². The summed E-state index contributed by atoms with van der Waals surface area (Å²) >= 11 is 1.63. The molecule has 0 saturated carbocycles. The van der Waals surface area contributed by atoms with E-state index >= 15 is 0 Å². The highest BCUT2D eigenvalue weighted by Gasteiger charge is 2.11. The Hall–Kier alpha value is -2.80. The van der Waals surface area contributed by atoms with Gasteiger partial charge < -0.3 is 0 Å². The van der Waals surface area contributed by atoms with E-state index in [1.807, 2.05) is 19.1 Å². The molecule has 2 N–H and O–H groups in total. The fourth-order valence-corrected chi connectivity index (χ4v) is 2.64. The Labute approximate surface area is 130 Å². The number of H-pyrrole nitrogens is 1. The maximum Gasteiger partial charge on any atom is 0.289 e. The van der Waals surface area contributed by atoms with Crippen LogP contribution in [0.2, 0.25) is 0 Å². The van der Waals surface area contributed by atoms with Crippen molar-refractivity contribution >= 4 is 23.5 Å². The zero-order valence-corrected chi connectivity index (χ0v) is 12.6. The monoisotopic (exact) mass is 311 g/mol. The molecular weight excluding hydrogens is 298 g/mol. The summed E-state index contributed by atoms with van der Waals surface area (Å²) in [5, 5.41) is 10.8. The first-order valence-corrected chi connectivity index (χ1v) is 7.40. The summed E-state index contributed by atoms with van der Waals surface area (Å²) < 4.78 is 0. The summed E-state index contributed by atoms with van der Waals surface area (Å²) in [6.45, 7) is 2.03. The number of hydrogen-bond acceptors (Lipinski definition) is 5. The van der Waals surface area contributed by atoms with Crippen LogP contribution in [0.3, 0.4) is 0 Å². The lowest BCUT2D eigenvalue weighted by Gasteiger charge is -1.95. The van der Waals surface area contributed by atoms with Crippen LogP contribution in [0.5, 0.6) is 0 Å². The van der Waals surface area contributed by atoms with Gasteiger partial charge in [-0.2, -0.15) is 10.2 Å². The van der Waals surface area contributed by atoms with E-state index < -0.39 is 0 Å². The lowest BCUT2D eigenvalue weighted by Crippen LogP contribution is -2.17. The Kier molecular flexibility index (Phi) is 4.06. The van der Waals surface area contributed by atoms with Crippen LogP contribution in [0.4, 0.5) is 0 Å². The van der Waals surface area contributed by atoms with Gasteiger partial charge in [0.25, 0.3) is 5.91 Å². The minimum Gasteiger partial charge on any atom is -0.272 e. The van der Waals surface area contributed by atoms with Crippen molar-refractivity contribution in [2.24, 2.45) is 5.10 Å². The van der Waals surface area contributed by atoms with Crippen LogP contribution in [0, 0.1) is 6.92 Å². The molecule has 0 unspecified atom stereocenters. The second-order valence-corrected chi connectivity index (χ2v) is 5.84. The number of carbonyl (C=O) groups is 1. The van der Waals surface area contributed by atoms with Crippen LogP contribution in [0.15, 0.2) is 47.8 Å². The third-order valence-corrected chi connectivity index (χ3v) is 3.92. The summed E-state index contributed by atoms with van der Waals surface area (Å²) in [5.41, 5.74) is 4.44. The van der Waals surface area contributed by atoms with Crippen molar-refractivity contribution in [3.8, 4) is 10.6 Å². The molecule has 22 heavy (non-hydrogen) atoms. The SMILES string of the molecule is Cc1ccc(-c2cc(C(=O)NN=Cc3ccncc3)[nH]n2)s1. The van der Waals surface area contributed by atoms with Gasteiger partial charge in [0.05, 0.1) is 11.1 Å². The predicted molar refractivity (Wildman–Crippen MR) is 85.9 cm³/mol. The molecule has 110 valence electrons. The molecule has 0 saturated heterocycles. The summed E-state index contributed by atoms with van der Waals surface area (Å²) in [4.78, 5) is 18.1. The van der Waals surface area contributed by atoms with Crippen molar-refractivity contribution in [2.75, 3.05) is 0 Å². The molecule has 3 aromatic heterocycles. The molecule has 3 aromatic rings. The third-order valence-electron chi connectivity index (χ3n) is 2.90. The third kappa shape index (κ3) is 3.26. The van der Waals surface area contributed by atoms with E-state index in [1.54, 1.807) is 48.1 Å². The lowest BCUT2D eigenvalue weighted by atomic mass is 10.3. The largest absolute Gasteiger partial charge is 0.289 e. The summed E-state index contributed by atoms with van der Waals surface area (Å²) in [5.74, 6) is -0.336. The zero-order valence-electron chi connectivity index (χ0n) is 11.8. The van der Waals surface area contributed by atoms with Crippen molar-refractivity contribution in [1.82, 2.24) is 20.6 Å². The fourth-order valence-electron chi connectivity index (χ4n) is 1.81. The van der Waals surface area contributed by atoms with Crippen molar-refractivity contribution in [1.29, 1.82) is 0 Å². The van der Waals surface area contributed by atoms with Gasteiger partial charge in [-0.05, 0) is 42.8 Å². The average Bonchev–Trinajstić information content (AvgIpc) is 3.17. The van der Waals surface area contributed by atoms with Gasteiger partial charge in [-0.1, -0.05) is 0 Å². The number of hydrogen-bond donors (Lipinski definition) is 2. The highest BCUT2D eigenvalue weighted by molar-refractivity contribution is 7.15. The number of aromatic amines is 1. The molecule has 1 amide bonds. The first-order chi connectivity index (χ1) is 10.7. The second kappa shape index (κ2) is 6.31. The smallest absolute Gasteiger partial charge is 0.272 e. The molecule has 0 aliphatic heterocycles. The van der Waals surface area contributed by atoms with Crippen LogP contribution in [0.25, 0.3) is 10.6 Å². The molecule has 3 rings (SSSR count). The van der Waals surface area contributed by atoms with Crippen molar-refractivity contribution in [2.45, 2.75) is 6.92 Å². The highest BCUT2D eigenvalue weighted by Crippen LogP contribution is 2.26. The number of amides is 1. The normalized spacial score (nSPS) is 11.0. The summed E-state index contributed by atoms with van der Waals surface area (Å²) in [7, 11) is 0. The average molecular weight is 311 g/mol. The molecule has 0 fully saturated rings. The number of hydrazone groups is 1. The quantitative estimate of drug-likeness (QED) is 0.574. The van der Waals surface area contributed by atoms with Crippen LogP contribution >= 0.6 is 11.3 Å². The number of rotatable bonds is 4. The number of pyridine rings is 1. The van der Waals surface area contributed by atoms with Crippen molar-refractivity contribution < 1.29 is 4.79 Å². The molecule has 0 aliphatic carbocycles. The maximum absolute atomic E-state index is 12.0. The zero-order chi connectivity index (χ0) is 15.4. The minimum atomic E-state index is -0.336. The maximum atomic E-state index is 12.0. The van der Waals surface area contributed by atoms with Gasteiger partial charge in [-0.25, -0.2) is 5.43 Å². The first-order valence-electron chi connectivity index (χ1n) is 6.58. The van der Waals surface area contributed by atoms with Gasteiger partial charge in [0, 0.05) is 17.3 Å². The van der Waals surface area contributed by atoms with Gasteiger partial charge in [0.1, 0.15) is 11.4 Å². The second-order valence-electron chi connectivity index (χ2n) is 4.56. The van der Waals surface area contributed by atoms with Gasteiger partial charge in [0.2, 0.25) is 0 Å². The molecule has 0 aromatic carbocycles. The van der Waals surface area contributed by atoms with E-state index in [-0.39, 0.29) is 5.91 Å². The van der Waals surface area contributed by atoms with E-state index in [0.717, 1.165) is 16.1 Å². The van der Waals surface area contributed by atoms with E-state index in [1.165, 1.54) is 4.88 Å². The predicted octanol–water partition coefficient (Wildman–Crippen LogP) is 2.61. The van der Waals surface area contributed by atoms with Crippen LogP contribution in [-0.4, -0.2) is 27.3 Å². The van der Waals surface area contributed by atoms with E-state index in [2.05, 4.69) is 25.7 Å². The fraction of sp³-hybridized carbons (Fsp3) is 0.0667. The van der Waals surface area contributed by atoms with E-state index in [0.29, 0.717) is 5.69 Å². The Balaban J connectivity index is 1.66. The lowest BCUT2D eigenvalue weighted by molar-refractivity contribution is 0.0950. The van der Waals surface area contributed by atoms with E-state index in [9.17, 15) is 4.79 Å². The van der Waals surface area contributed by atoms with Gasteiger partial charge >= 0.3 is 0 Å². The number of carbonyl (C=O) groups excluding carboxylic acids is 1. The number of aryl methyl sites for hydroxylation is 1. The van der Waals surface area contributed by atoms with Gasteiger partial charge in [-0.15, -0.1) is 11.3 Å². The van der Waals surface area contributed by atoms with Crippen LogP contribution in [-0.2, 0) is 0 Å². The van der Waals surface area contributed by atoms with Crippen molar-refractivity contribution in [3.05, 3.63) is 58.9 Å². The highest BCUT2D eigenvalue weighted by atomic mass is 32.1. The molecule has 0 radical (unpaired) electrons. The van der Waals surface area contributed by atoms with Gasteiger partial charge in [-0.3, -0.25) is 14.9 Å². The molecule has 6 nitrogen and oxygen atoms in total. The standard InChI is InChI=1S/C15H13N5OS/c1-10-2-3-14(22-10)12-8-13(19-18-12)15(21)20-17-9-11-4-6-16-7-5-11/h2-9H,1H3,(H,18,19)(H,20,21). The Bertz CT molecular complexity index is 806.